The van der Waals surface area contributed by atoms with Crippen molar-refractivity contribution in [2.45, 2.75) is 19.1 Å². The van der Waals surface area contributed by atoms with Gasteiger partial charge < -0.3 is 9.67 Å². The van der Waals surface area contributed by atoms with Crippen molar-refractivity contribution in [3.63, 3.8) is 0 Å². The molecule has 0 fully saturated rings. The standard InChI is InChI=1S/C26H24N6O2/c1-3-32-17-27-25(30-32)29-23(33)18-14-15-21-22(16-18)31(2)24(28-21)26(34,19-10-6-4-7-11-19)20-12-8-5-9-13-20/h4-17,34H,3H2,1-2H3,(H,29,30,33). The summed E-state index contributed by atoms with van der Waals surface area (Å²) in [5.41, 5.74) is 1.77. The molecule has 170 valence electrons. The van der Waals surface area contributed by atoms with E-state index in [1.165, 1.54) is 0 Å². The number of hydrogen-bond acceptors (Lipinski definition) is 5. The molecular weight excluding hydrogens is 428 g/mol. The molecule has 5 rings (SSSR count). The molecule has 5 aromatic rings. The van der Waals surface area contributed by atoms with Gasteiger partial charge in [0.05, 0.1) is 11.0 Å². The first-order valence-corrected chi connectivity index (χ1v) is 11.0. The van der Waals surface area contributed by atoms with Gasteiger partial charge in [-0.3, -0.25) is 14.8 Å². The zero-order chi connectivity index (χ0) is 23.7. The van der Waals surface area contributed by atoms with Gasteiger partial charge in [-0.15, -0.1) is 5.10 Å². The topological polar surface area (TPSA) is 97.9 Å². The van der Waals surface area contributed by atoms with Crippen LogP contribution >= 0.6 is 0 Å². The summed E-state index contributed by atoms with van der Waals surface area (Å²) in [6, 6.07) is 24.2. The fourth-order valence-electron chi connectivity index (χ4n) is 4.12. The number of fused-ring (bicyclic) bond motifs is 1. The Morgan fingerprint density at radius 2 is 1.65 bits per heavy atom. The summed E-state index contributed by atoms with van der Waals surface area (Å²) >= 11 is 0. The van der Waals surface area contributed by atoms with Crippen LogP contribution in [0, 0.1) is 0 Å². The molecule has 1 amide bonds. The van der Waals surface area contributed by atoms with Crippen molar-refractivity contribution in [1.82, 2.24) is 24.3 Å². The monoisotopic (exact) mass is 452 g/mol. The molecule has 2 aromatic heterocycles. The summed E-state index contributed by atoms with van der Waals surface area (Å²) in [5, 5.41) is 19.1. The van der Waals surface area contributed by atoms with Crippen molar-refractivity contribution in [1.29, 1.82) is 0 Å². The van der Waals surface area contributed by atoms with E-state index in [4.69, 9.17) is 4.98 Å². The maximum atomic E-state index is 12.8. The van der Waals surface area contributed by atoms with Gasteiger partial charge >= 0.3 is 0 Å². The minimum Gasteiger partial charge on any atom is -0.373 e. The van der Waals surface area contributed by atoms with E-state index >= 15 is 0 Å². The fraction of sp³-hybridized carbons (Fsp3) is 0.154. The van der Waals surface area contributed by atoms with E-state index in [0.717, 1.165) is 5.52 Å². The van der Waals surface area contributed by atoms with E-state index in [1.807, 2.05) is 79.2 Å². The van der Waals surface area contributed by atoms with Gasteiger partial charge in [0.15, 0.2) is 11.4 Å². The van der Waals surface area contributed by atoms with E-state index in [1.54, 1.807) is 29.2 Å². The van der Waals surface area contributed by atoms with Crippen molar-refractivity contribution < 1.29 is 9.90 Å². The van der Waals surface area contributed by atoms with Crippen LogP contribution in [0.2, 0.25) is 0 Å². The summed E-state index contributed by atoms with van der Waals surface area (Å²) in [4.78, 5) is 21.7. The summed E-state index contributed by atoms with van der Waals surface area (Å²) in [6.07, 6.45) is 1.57. The zero-order valence-corrected chi connectivity index (χ0v) is 18.9. The lowest BCUT2D eigenvalue weighted by atomic mass is 9.85. The second-order valence-electron chi connectivity index (χ2n) is 8.02. The number of anilines is 1. The van der Waals surface area contributed by atoms with Crippen LogP contribution in [0.3, 0.4) is 0 Å². The van der Waals surface area contributed by atoms with Crippen molar-refractivity contribution >= 4 is 22.9 Å². The number of carbonyl (C=O) groups is 1. The van der Waals surface area contributed by atoms with Gasteiger partial charge in [-0.05, 0) is 36.2 Å². The molecule has 3 aromatic carbocycles. The fourth-order valence-corrected chi connectivity index (χ4v) is 4.12. The second kappa shape index (κ2) is 8.57. The predicted octanol–water partition coefficient (Wildman–Crippen LogP) is 3.72. The number of benzene rings is 3. The Bertz CT molecular complexity index is 1420. The Balaban J connectivity index is 1.58. The van der Waals surface area contributed by atoms with Crippen LogP contribution in [0.25, 0.3) is 11.0 Å². The van der Waals surface area contributed by atoms with E-state index in [9.17, 15) is 9.90 Å². The highest BCUT2D eigenvalue weighted by Gasteiger charge is 2.38. The Morgan fingerprint density at radius 3 is 2.24 bits per heavy atom. The third-order valence-corrected chi connectivity index (χ3v) is 5.94. The third kappa shape index (κ3) is 3.64. The van der Waals surface area contributed by atoms with Crippen LogP contribution < -0.4 is 5.32 Å². The first-order valence-electron chi connectivity index (χ1n) is 11.0. The summed E-state index contributed by atoms with van der Waals surface area (Å²) in [5.74, 6) is 0.390. The number of amides is 1. The molecule has 2 N–H and O–H groups in total. The summed E-state index contributed by atoms with van der Waals surface area (Å²) in [7, 11) is 1.84. The molecule has 34 heavy (non-hydrogen) atoms. The average molecular weight is 453 g/mol. The number of nitrogens with zero attached hydrogens (tertiary/aromatic N) is 5. The number of hydrogen-bond donors (Lipinski definition) is 2. The number of rotatable bonds is 6. The molecule has 0 aliphatic rings. The SMILES string of the molecule is CCn1cnc(NC(=O)c2ccc3nc(C(O)(c4ccccc4)c4ccccc4)n(C)c3c2)n1. The van der Waals surface area contributed by atoms with Gasteiger partial charge in [0.25, 0.3) is 5.91 Å². The van der Waals surface area contributed by atoms with E-state index < -0.39 is 5.60 Å². The van der Waals surface area contributed by atoms with Gasteiger partial charge in [-0.25, -0.2) is 9.97 Å². The number of imidazole rings is 1. The molecule has 0 saturated heterocycles. The van der Waals surface area contributed by atoms with Gasteiger partial charge in [0.1, 0.15) is 6.33 Å². The lowest BCUT2D eigenvalue weighted by molar-refractivity contribution is 0.102. The highest BCUT2D eigenvalue weighted by molar-refractivity contribution is 6.05. The van der Waals surface area contributed by atoms with Crippen LogP contribution in [0.5, 0.6) is 0 Å². The first-order chi connectivity index (χ1) is 16.5. The average Bonchev–Trinajstić information content (AvgIpc) is 3.48. The van der Waals surface area contributed by atoms with Crippen molar-refractivity contribution in [3.8, 4) is 0 Å². The highest BCUT2D eigenvalue weighted by Crippen LogP contribution is 2.37. The highest BCUT2D eigenvalue weighted by atomic mass is 16.3. The summed E-state index contributed by atoms with van der Waals surface area (Å²) in [6.45, 7) is 2.61. The largest absolute Gasteiger partial charge is 0.373 e. The smallest absolute Gasteiger partial charge is 0.258 e. The lowest BCUT2D eigenvalue weighted by Crippen LogP contribution is -2.32. The number of aryl methyl sites for hydroxylation is 2. The minimum atomic E-state index is -1.48. The number of aromatic nitrogens is 5. The van der Waals surface area contributed by atoms with Gasteiger partial charge in [0, 0.05) is 19.2 Å². The predicted molar refractivity (Wildman–Crippen MR) is 129 cm³/mol. The van der Waals surface area contributed by atoms with Crippen molar-refractivity contribution in [2.75, 3.05) is 5.32 Å². The molecule has 0 atom stereocenters. The Labute approximate surface area is 196 Å². The van der Waals surface area contributed by atoms with Crippen LogP contribution in [-0.4, -0.2) is 35.3 Å². The Kier molecular flexibility index (Phi) is 5.43. The maximum Gasteiger partial charge on any atom is 0.258 e. The molecule has 0 spiro atoms. The quantitative estimate of drug-likeness (QED) is 0.409. The molecular formula is C26H24N6O2. The molecule has 0 radical (unpaired) electrons. The molecule has 8 heteroatoms. The minimum absolute atomic E-state index is 0.250. The Morgan fingerprint density at radius 1 is 1.00 bits per heavy atom. The van der Waals surface area contributed by atoms with Gasteiger partial charge in [-0.2, -0.15) is 0 Å². The molecule has 0 aliphatic carbocycles. The lowest BCUT2D eigenvalue weighted by Gasteiger charge is -2.29. The van der Waals surface area contributed by atoms with Gasteiger partial charge in [0.2, 0.25) is 5.95 Å². The zero-order valence-electron chi connectivity index (χ0n) is 18.9. The van der Waals surface area contributed by atoms with E-state index in [0.29, 0.717) is 34.6 Å². The van der Waals surface area contributed by atoms with Gasteiger partial charge in [-0.1, -0.05) is 60.7 Å². The molecule has 0 saturated carbocycles. The van der Waals surface area contributed by atoms with Crippen molar-refractivity contribution in [3.05, 3.63) is 108 Å². The first kappa shape index (κ1) is 21.5. The maximum absolute atomic E-state index is 12.8. The molecule has 0 bridgehead atoms. The van der Waals surface area contributed by atoms with Crippen LogP contribution in [-0.2, 0) is 19.2 Å². The second-order valence-corrected chi connectivity index (χ2v) is 8.02. The van der Waals surface area contributed by atoms with Crippen molar-refractivity contribution in [2.24, 2.45) is 7.05 Å². The number of nitrogens with one attached hydrogen (secondary N) is 1. The molecule has 0 aliphatic heterocycles. The van der Waals surface area contributed by atoms with E-state index in [2.05, 4.69) is 15.4 Å². The van der Waals surface area contributed by atoms with Crippen LogP contribution in [0.1, 0.15) is 34.2 Å². The van der Waals surface area contributed by atoms with Crippen LogP contribution in [0.4, 0.5) is 5.95 Å². The normalized spacial score (nSPS) is 11.6. The number of aliphatic hydroxyl groups is 1. The molecule has 0 unspecified atom stereocenters. The van der Waals surface area contributed by atoms with E-state index in [-0.39, 0.29) is 11.9 Å². The van der Waals surface area contributed by atoms with Crippen LogP contribution in [0.15, 0.2) is 85.2 Å². The Hall–Kier alpha value is -4.30. The molecule has 2 heterocycles. The third-order valence-electron chi connectivity index (χ3n) is 5.94. The number of carbonyl (C=O) groups excluding carboxylic acids is 1. The molecule has 8 nitrogen and oxygen atoms in total. The summed E-state index contributed by atoms with van der Waals surface area (Å²) < 4.78 is 3.47.